The van der Waals surface area contributed by atoms with Crippen LogP contribution in [0.5, 0.6) is 0 Å². The molecule has 164 valence electrons. The third kappa shape index (κ3) is 4.69. The summed E-state index contributed by atoms with van der Waals surface area (Å²) in [6.45, 7) is 2.22. The second kappa shape index (κ2) is 8.41. The number of rotatable bonds is 2. The molecule has 2 atom stereocenters. The fraction of sp³-hybridized carbons (Fsp3) is 0.650. The number of ether oxygens (including phenoxy) is 1. The zero-order valence-corrected chi connectivity index (χ0v) is 16.5. The van der Waals surface area contributed by atoms with Crippen molar-refractivity contribution < 1.29 is 27.5 Å². The predicted octanol–water partition coefficient (Wildman–Crippen LogP) is 2.06. The molecule has 4 heterocycles. The molecule has 7 nitrogen and oxygen atoms in total. The molecule has 1 aromatic rings. The number of urea groups is 1. The van der Waals surface area contributed by atoms with Crippen molar-refractivity contribution in [2.75, 3.05) is 32.8 Å². The Bertz CT molecular complexity index is 796. The zero-order valence-electron chi connectivity index (χ0n) is 16.5. The highest BCUT2D eigenvalue weighted by Crippen LogP contribution is 2.30. The van der Waals surface area contributed by atoms with Gasteiger partial charge in [0.15, 0.2) is 0 Å². The number of carbonyl (C=O) groups excluding carboxylic acids is 2. The van der Waals surface area contributed by atoms with E-state index in [1.807, 2.05) is 0 Å². The van der Waals surface area contributed by atoms with Crippen LogP contribution < -0.4 is 5.32 Å². The van der Waals surface area contributed by atoms with Gasteiger partial charge in [-0.15, -0.1) is 0 Å². The Labute approximate surface area is 172 Å². The van der Waals surface area contributed by atoms with Gasteiger partial charge in [0.1, 0.15) is 6.61 Å². The van der Waals surface area contributed by atoms with E-state index in [1.54, 1.807) is 9.80 Å². The number of likely N-dealkylation sites (tertiary alicyclic amines) is 2. The number of hydrogen-bond donors (Lipinski definition) is 1. The molecule has 3 aliphatic rings. The summed E-state index contributed by atoms with van der Waals surface area (Å²) in [5.41, 5.74) is -0.244. The van der Waals surface area contributed by atoms with Gasteiger partial charge in [-0.3, -0.25) is 9.78 Å². The Hall–Kier alpha value is -2.36. The van der Waals surface area contributed by atoms with E-state index in [9.17, 15) is 22.8 Å². The van der Waals surface area contributed by atoms with Gasteiger partial charge in [-0.25, -0.2) is 4.79 Å². The van der Waals surface area contributed by atoms with E-state index in [4.69, 9.17) is 4.74 Å². The number of aromatic nitrogens is 1. The quantitative estimate of drug-likeness (QED) is 0.786. The first-order valence-corrected chi connectivity index (χ1v) is 10.3. The van der Waals surface area contributed by atoms with Crippen molar-refractivity contribution in [1.29, 1.82) is 0 Å². The second-order valence-electron chi connectivity index (χ2n) is 8.21. The summed E-state index contributed by atoms with van der Waals surface area (Å²) in [6.07, 6.45) is -0.598. The maximum atomic E-state index is 12.9. The zero-order chi connectivity index (χ0) is 21.3. The van der Waals surface area contributed by atoms with Crippen molar-refractivity contribution in [3.63, 3.8) is 0 Å². The largest absolute Gasteiger partial charge is 0.416 e. The minimum atomic E-state index is -4.37. The maximum absolute atomic E-state index is 12.9. The molecule has 0 aliphatic carbocycles. The lowest BCUT2D eigenvalue weighted by molar-refractivity contribution is -0.140. The van der Waals surface area contributed by atoms with Gasteiger partial charge in [-0.2, -0.15) is 13.2 Å². The standard InChI is InChI=1S/C20H25F3N4O3/c21-20(22,23)14-1-5-24-15(10-14)9-13-2-6-26(7-3-13)19(29)27-8-4-17-16(11-27)25-18(28)12-30-17/h1,5,10,13,16-17H,2-4,6-9,11-12H2,(H,25,28)/t16-,17+/m1/s1. The number of fused-ring (bicyclic) bond motifs is 1. The van der Waals surface area contributed by atoms with Gasteiger partial charge in [0.05, 0.1) is 17.7 Å². The number of amides is 3. The lowest BCUT2D eigenvalue weighted by atomic mass is 9.91. The molecule has 0 spiro atoms. The van der Waals surface area contributed by atoms with Crippen LogP contribution in [0, 0.1) is 5.92 Å². The molecule has 10 heteroatoms. The van der Waals surface area contributed by atoms with E-state index in [0.29, 0.717) is 44.7 Å². The highest BCUT2D eigenvalue weighted by Gasteiger charge is 2.38. The first-order chi connectivity index (χ1) is 14.3. The second-order valence-corrected chi connectivity index (χ2v) is 8.21. The van der Waals surface area contributed by atoms with Gasteiger partial charge >= 0.3 is 12.2 Å². The number of nitrogens with zero attached hydrogens (tertiary/aromatic N) is 3. The van der Waals surface area contributed by atoms with Crippen molar-refractivity contribution in [3.05, 3.63) is 29.6 Å². The molecule has 3 amide bonds. The Morgan fingerprint density at radius 2 is 1.93 bits per heavy atom. The van der Waals surface area contributed by atoms with Crippen molar-refractivity contribution in [2.45, 2.75) is 44.0 Å². The van der Waals surface area contributed by atoms with E-state index >= 15 is 0 Å². The Morgan fingerprint density at radius 3 is 2.67 bits per heavy atom. The summed E-state index contributed by atoms with van der Waals surface area (Å²) in [5, 5.41) is 2.89. The first-order valence-electron chi connectivity index (χ1n) is 10.3. The summed E-state index contributed by atoms with van der Waals surface area (Å²) in [4.78, 5) is 32.1. The van der Waals surface area contributed by atoms with Crippen LogP contribution in [0.15, 0.2) is 18.3 Å². The molecule has 30 heavy (non-hydrogen) atoms. The summed E-state index contributed by atoms with van der Waals surface area (Å²) in [6, 6.07) is 1.87. The third-order valence-electron chi connectivity index (χ3n) is 6.12. The van der Waals surface area contributed by atoms with E-state index in [-0.39, 0.29) is 36.6 Å². The van der Waals surface area contributed by atoms with Gasteiger partial charge in [0.25, 0.3) is 0 Å². The first kappa shape index (κ1) is 20.9. The number of piperidine rings is 2. The number of pyridine rings is 1. The van der Waals surface area contributed by atoms with Gasteiger partial charge in [0.2, 0.25) is 5.91 Å². The van der Waals surface area contributed by atoms with Crippen LogP contribution >= 0.6 is 0 Å². The lowest BCUT2D eigenvalue weighted by Crippen LogP contribution is -2.62. The summed E-state index contributed by atoms with van der Waals surface area (Å²) in [7, 11) is 0. The SMILES string of the molecule is O=C1CO[C@H]2CCN(C(=O)N3CCC(Cc4cc(C(F)(F)F)ccn4)CC3)C[C@H]2N1. The summed E-state index contributed by atoms with van der Waals surface area (Å²) in [5.74, 6) is 0.0383. The van der Waals surface area contributed by atoms with Crippen LogP contribution in [0.25, 0.3) is 0 Å². The average molecular weight is 426 g/mol. The van der Waals surface area contributed by atoms with Crippen LogP contribution in [0.2, 0.25) is 0 Å². The van der Waals surface area contributed by atoms with Crippen molar-refractivity contribution in [1.82, 2.24) is 20.1 Å². The van der Waals surface area contributed by atoms with Gasteiger partial charge < -0.3 is 19.9 Å². The molecule has 1 N–H and O–H groups in total. The normalized spacial score (nSPS) is 25.6. The molecule has 0 aromatic carbocycles. The van der Waals surface area contributed by atoms with Crippen LogP contribution in [-0.4, -0.2) is 71.7 Å². The summed E-state index contributed by atoms with van der Waals surface area (Å²) >= 11 is 0. The fourth-order valence-corrected chi connectivity index (χ4v) is 4.46. The maximum Gasteiger partial charge on any atom is 0.416 e. The van der Waals surface area contributed by atoms with Crippen LogP contribution in [-0.2, 0) is 22.1 Å². The molecule has 0 bridgehead atoms. The van der Waals surface area contributed by atoms with Crippen molar-refractivity contribution >= 4 is 11.9 Å². The molecule has 4 rings (SSSR count). The smallest absolute Gasteiger partial charge is 0.366 e. The van der Waals surface area contributed by atoms with E-state index in [2.05, 4.69) is 10.3 Å². The van der Waals surface area contributed by atoms with Gasteiger partial charge in [0, 0.05) is 38.1 Å². The Kier molecular flexibility index (Phi) is 5.86. The number of alkyl halides is 3. The molecule has 3 aliphatic heterocycles. The van der Waals surface area contributed by atoms with Crippen LogP contribution in [0.4, 0.5) is 18.0 Å². The lowest BCUT2D eigenvalue weighted by Gasteiger charge is -2.43. The summed E-state index contributed by atoms with van der Waals surface area (Å²) < 4.78 is 44.2. The molecule has 3 saturated heterocycles. The topological polar surface area (TPSA) is 74.8 Å². The Balaban J connectivity index is 1.28. The van der Waals surface area contributed by atoms with E-state index in [0.717, 1.165) is 25.0 Å². The highest BCUT2D eigenvalue weighted by molar-refractivity contribution is 5.79. The number of carbonyl (C=O) groups is 2. The average Bonchev–Trinajstić information content (AvgIpc) is 2.73. The molecular weight excluding hydrogens is 401 g/mol. The van der Waals surface area contributed by atoms with Crippen LogP contribution in [0.3, 0.4) is 0 Å². The minimum absolute atomic E-state index is 0.0440. The van der Waals surface area contributed by atoms with Crippen LogP contribution in [0.1, 0.15) is 30.5 Å². The van der Waals surface area contributed by atoms with Gasteiger partial charge in [-0.05, 0) is 43.7 Å². The van der Waals surface area contributed by atoms with Crippen molar-refractivity contribution in [2.24, 2.45) is 5.92 Å². The van der Waals surface area contributed by atoms with E-state index < -0.39 is 11.7 Å². The molecular formula is C20H25F3N4O3. The van der Waals surface area contributed by atoms with Crippen molar-refractivity contribution in [3.8, 4) is 0 Å². The number of hydrogen-bond acceptors (Lipinski definition) is 4. The highest BCUT2D eigenvalue weighted by atomic mass is 19.4. The van der Waals surface area contributed by atoms with Gasteiger partial charge in [-0.1, -0.05) is 0 Å². The number of morpholine rings is 1. The fourth-order valence-electron chi connectivity index (χ4n) is 4.46. The molecule has 0 saturated carbocycles. The minimum Gasteiger partial charge on any atom is -0.366 e. The molecule has 3 fully saturated rings. The number of halogens is 3. The molecule has 0 unspecified atom stereocenters. The predicted molar refractivity (Wildman–Crippen MR) is 100 cm³/mol. The molecule has 0 radical (unpaired) electrons. The monoisotopic (exact) mass is 426 g/mol. The Morgan fingerprint density at radius 1 is 1.20 bits per heavy atom. The molecule has 1 aromatic heterocycles. The number of nitrogens with one attached hydrogen (secondary N) is 1. The van der Waals surface area contributed by atoms with E-state index in [1.165, 1.54) is 6.20 Å². The third-order valence-corrected chi connectivity index (χ3v) is 6.12.